The maximum absolute atomic E-state index is 9.37. The minimum atomic E-state index is -0.219. The predicted octanol–water partition coefficient (Wildman–Crippen LogP) is 1.47. The molecule has 16 heavy (non-hydrogen) atoms. The minimum absolute atomic E-state index is 0.219. The monoisotopic (exact) mass is 228 g/mol. The minimum Gasteiger partial charge on any atom is -0.392 e. The first-order chi connectivity index (χ1) is 7.63. The highest BCUT2D eigenvalue weighted by Gasteiger charge is 2.23. The SMILES string of the molecule is CNC1CCCCCC1CN(C)CC(C)O. The van der Waals surface area contributed by atoms with Crippen LogP contribution in [0.3, 0.4) is 0 Å². The van der Waals surface area contributed by atoms with Crippen molar-refractivity contribution in [2.24, 2.45) is 5.92 Å². The fourth-order valence-electron chi connectivity index (χ4n) is 2.91. The molecule has 1 fully saturated rings. The van der Waals surface area contributed by atoms with Gasteiger partial charge in [0.1, 0.15) is 0 Å². The van der Waals surface area contributed by atoms with Crippen LogP contribution in [-0.2, 0) is 0 Å². The average molecular weight is 228 g/mol. The molecule has 2 N–H and O–H groups in total. The number of likely N-dealkylation sites (N-methyl/N-ethyl adjacent to an activating group) is 1. The van der Waals surface area contributed by atoms with Gasteiger partial charge in [-0.05, 0) is 39.8 Å². The van der Waals surface area contributed by atoms with Crippen molar-refractivity contribution in [3.8, 4) is 0 Å². The van der Waals surface area contributed by atoms with Crippen LogP contribution >= 0.6 is 0 Å². The Kier molecular flexibility index (Phi) is 6.32. The number of nitrogens with zero attached hydrogens (tertiary/aromatic N) is 1. The van der Waals surface area contributed by atoms with Gasteiger partial charge in [0.2, 0.25) is 0 Å². The Bertz CT molecular complexity index is 185. The van der Waals surface area contributed by atoms with E-state index in [9.17, 15) is 5.11 Å². The zero-order valence-electron chi connectivity index (χ0n) is 11.1. The predicted molar refractivity (Wildman–Crippen MR) is 68.6 cm³/mol. The third-order valence-corrected chi connectivity index (χ3v) is 3.65. The Labute approximate surface area is 100 Å². The van der Waals surface area contributed by atoms with Crippen LogP contribution in [0.1, 0.15) is 39.0 Å². The molecule has 3 atom stereocenters. The molecule has 3 heteroatoms. The van der Waals surface area contributed by atoms with E-state index in [0.717, 1.165) is 19.0 Å². The summed E-state index contributed by atoms with van der Waals surface area (Å²) in [7, 11) is 4.20. The van der Waals surface area contributed by atoms with Crippen molar-refractivity contribution in [2.75, 3.05) is 27.2 Å². The molecule has 0 aromatic rings. The maximum atomic E-state index is 9.37. The molecule has 3 unspecified atom stereocenters. The van der Waals surface area contributed by atoms with Crippen LogP contribution in [0.15, 0.2) is 0 Å². The van der Waals surface area contributed by atoms with E-state index in [-0.39, 0.29) is 6.10 Å². The van der Waals surface area contributed by atoms with Crippen LogP contribution in [0.2, 0.25) is 0 Å². The first kappa shape index (κ1) is 13.9. The van der Waals surface area contributed by atoms with Crippen molar-refractivity contribution in [3.63, 3.8) is 0 Å². The number of aliphatic hydroxyl groups excluding tert-OH is 1. The largest absolute Gasteiger partial charge is 0.392 e. The summed E-state index contributed by atoms with van der Waals surface area (Å²) in [6.45, 7) is 3.75. The molecule has 96 valence electrons. The topological polar surface area (TPSA) is 35.5 Å². The van der Waals surface area contributed by atoms with Crippen molar-refractivity contribution in [3.05, 3.63) is 0 Å². The molecule has 1 rings (SSSR count). The first-order valence-corrected chi connectivity index (χ1v) is 6.67. The van der Waals surface area contributed by atoms with E-state index in [2.05, 4.69) is 24.3 Å². The highest BCUT2D eigenvalue weighted by Crippen LogP contribution is 2.24. The summed E-state index contributed by atoms with van der Waals surface area (Å²) >= 11 is 0. The average Bonchev–Trinajstić information content (AvgIpc) is 2.41. The van der Waals surface area contributed by atoms with Crippen molar-refractivity contribution < 1.29 is 5.11 Å². The van der Waals surface area contributed by atoms with Gasteiger partial charge in [0.15, 0.2) is 0 Å². The van der Waals surface area contributed by atoms with E-state index in [1.165, 1.54) is 32.1 Å². The lowest BCUT2D eigenvalue weighted by Crippen LogP contribution is -2.41. The van der Waals surface area contributed by atoms with Crippen LogP contribution < -0.4 is 5.32 Å². The molecule has 0 amide bonds. The van der Waals surface area contributed by atoms with Gasteiger partial charge in [0, 0.05) is 19.1 Å². The zero-order chi connectivity index (χ0) is 12.0. The van der Waals surface area contributed by atoms with Gasteiger partial charge in [-0.2, -0.15) is 0 Å². The van der Waals surface area contributed by atoms with Crippen molar-refractivity contribution in [1.82, 2.24) is 10.2 Å². The number of rotatable bonds is 5. The normalized spacial score (nSPS) is 29.1. The summed E-state index contributed by atoms with van der Waals surface area (Å²) in [6.07, 6.45) is 6.53. The van der Waals surface area contributed by atoms with Gasteiger partial charge < -0.3 is 15.3 Å². The summed E-state index contributed by atoms with van der Waals surface area (Å²) in [4.78, 5) is 2.27. The van der Waals surface area contributed by atoms with Gasteiger partial charge in [0.05, 0.1) is 6.10 Å². The zero-order valence-corrected chi connectivity index (χ0v) is 11.1. The van der Waals surface area contributed by atoms with E-state index in [1.807, 2.05) is 6.92 Å². The molecule has 3 nitrogen and oxygen atoms in total. The van der Waals surface area contributed by atoms with Gasteiger partial charge in [-0.3, -0.25) is 0 Å². The van der Waals surface area contributed by atoms with E-state index >= 15 is 0 Å². The molecule has 0 bridgehead atoms. The van der Waals surface area contributed by atoms with Gasteiger partial charge in [-0.1, -0.05) is 19.3 Å². The highest BCUT2D eigenvalue weighted by molar-refractivity contribution is 4.80. The third kappa shape index (κ3) is 4.81. The van der Waals surface area contributed by atoms with Gasteiger partial charge >= 0.3 is 0 Å². The fourth-order valence-corrected chi connectivity index (χ4v) is 2.91. The van der Waals surface area contributed by atoms with Crippen LogP contribution in [0.4, 0.5) is 0 Å². The molecular weight excluding hydrogens is 200 g/mol. The quantitative estimate of drug-likeness (QED) is 0.700. The molecule has 0 aromatic carbocycles. The first-order valence-electron chi connectivity index (χ1n) is 6.67. The Balaban J connectivity index is 2.41. The van der Waals surface area contributed by atoms with Crippen LogP contribution in [-0.4, -0.2) is 49.3 Å². The second-order valence-electron chi connectivity index (χ2n) is 5.36. The molecule has 1 aliphatic carbocycles. The van der Waals surface area contributed by atoms with Crippen molar-refractivity contribution in [2.45, 2.75) is 51.2 Å². The Hall–Kier alpha value is -0.120. The number of aliphatic hydroxyl groups is 1. The number of nitrogens with one attached hydrogen (secondary N) is 1. The van der Waals surface area contributed by atoms with Gasteiger partial charge in [0.25, 0.3) is 0 Å². The van der Waals surface area contributed by atoms with E-state index in [4.69, 9.17) is 0 Å². The summed E-state index contributed by atoms with van der Waals surface area (Å²) in [5.41, 5.74) is 0. The Morgan fingerprint density at radius 2 is 2.00 bits per heavy atom. The molecule has 0 aliphatic heterocycles. The van der Waals surface area contributed by atoms with Gasteiger partial charge in [-0.25, -0.2) is 0 Å². The number of hydrogen-bond acceptors (Lipinski definition) is 3. The molecule has 0 spiro atoms. The molecule has 1 saturated carbocycles. The Morgan fingerprint density at radius 3 is 2.62 bits per heavy atom. The van der Waals surface area contributed by atoms with Crippen LogP contribution in [0.25, 0.3) is 0 Å². The van der Waals surface area contributed by atoms with Crippen LogP contribution in [0, 0.1) is 5.92 Å². The smallest absolute Gasteiger partial charge is 0.0638 e. The lowest BCUT2D eigenvalue weighted by atomic mass is 9.94. The summed E-state index contributed by atoms with van der Waals surface area (Å²) in [5.74, 6) is 0.747. The molecule has 0 radical (unpaired) electrons. The summed E-state index contributed by atoms with van der Waals surface area (Å²) in [5, 5.41) is 12.8. The fraction of sp³-hybridized carbons (Fsp3) is 1.00. The lowest BCUT2D eigenvalue weighted by Gasteiger charge is -2.29. The molecule has 1 aliphatic rings. The standard InChI is InChI=1S/C13H28N2O/c1-11(16)9-15(3)10-12-7-5-4-6-8-13(12)14-2/h11-14,16H,4-10H2,1-3H3. The molecule has 0 saturated heterocycles. The lowest BCUT2D eigenvalue weighted by molar-refractivity contribution is 0.124. The van der Waals surface area contributed by atoms with E-state index in [1.54, 1.807) is 0 Å². The second-order valence-corrected chi connectivity index (χ2v) is 5.36. The summed E-state index contributed by atoms with van der Waals surface area (Å²) in [6, 6.07) is 0.666. The molecule has 0 aromatic heterocycles. The van der Waals surface area contributed by atoms with E-state index < -0.39 is 0 Å². The van der Waals surface area contributed by atoms with Crippen molar-refractivity contribution >= 4 is 0 Å². The molecular formula is C13H28N2O. The number of hydrogen-bond donors (Lipinski definition) is 2. The summed E-state index contributed by atoms with van der Waals surface area (Å²) < 4.78 is 0. The Morgan fingerprint density at radius 1 is 1.31 bits per heavy atom. The van der Waals surface area contributed by atoms with E-state index in [0.29, 0.717) is 6.04 Å². The maximum Gasteiger partial charge on any atom is 0.0638 e. The third-order valence-electron chi connectivity index (χ3n) is 3.65. The van der Waals surface area contributed by atoms with Gasteiger partial charge in [-0.15, -0.1) is 0 Å². The highest BCUT2D eigenvalue weighted by atomic mass is 16.3. The van der Waals surface area contributed by atoms with Crippen LogP contribution in [0.5, 0.6) is 0 Å². The second kappa shape index (κ2) is 7.25. The van der Waals surface area contributed by atoms with Crippen molar-refractivity contribution in [1.29, 1.82) is 0 Å². The molecule has 0 heterocycles.